The Morgan fingerprint density at radius 1 is 0.474 bits per heavy atom. The molecule has 3 heteroatoms. The summed E-state index contributed by atoms with van der Waals surface area (Å²) >= 11 is 0. The van der Waals surface area contributed by atoms with Crippen molar-refractivity contribution in [1.29, 1.82) is 0 Å². The highest BCUT2D eigenvalue weighted by Gasteiger charge is 2.16. The van der Waals surface area contributed by atoms with Crippen LogP contribution in [0.1, 0.15) is 5.56 Å². The number of hydrogen-bond donors (Lipinski definition) is 0. The summed E-state index contributed by atoms with van der Waals surface area (Å²) in [4.78, 5) is 2.27. The molecule has 0 amide bonds. The van der Waals surface area contributed by atoms with Crippen LogP contribution in [0.5, 0.6) is 11.5 Å². The van der Waals surface area contributed by atoms with Gasteiger partial charge in [0.15, 0.2) is 0 Å². The van der Waals surface area contributed by atoms with Crippen molar-refractivity contribution in [3.63, 3.8) is 0 Å². The second kappa shape index (κ2) is 9.95. The maximum atomic E-state index is 5.42. The summed E-state index contributed by atoms with van der Waals surface area (Å²) < 4.78 is 10.8. The Bertz CT molecular complexity index is 1690. The van der Waals surface area contributed by atoms with Crippen molar-refractivity contribution in [2.24, 2.45) is 0 Å². The van der Waals surface area contributed by atoms with Crippen LogP contribution in [0.4, 0.5) is 17.1 Å². The number of aryl methyl sites for hydroxylation is 1. The quantitative estimate of drug-likeness (QED) is 0.215. The number of rotatable bonds is 6. The van der Waals surface area contributed by atoms with Gasteiger partial charge in [-0.15, -0.1) is 0 Å². The highest BCUT2D eigenvalue weighted by molar-refractivity contribution is 6.14. The maximum Gasteiger partial charge on any atom is 0.119 e. The molecule has 0 N–H and O–H groups in total. The third-order valence-electron chi connectivity index (χ3n) is 7.20. The number of ether oxygens (including phenoxy) is 2. The standard InChI is InChI=1S/C35H29NO2/c1-24-12-13-28(36(26-14-18-29(37-2)19-15-26)27-16-20-30(38-3)21-17-27)23-34(24)35-22-25-8-4-5-9-31(25)32-10-6-7-11-33(32)35/h4-23H,1-3H3. The second-order valence-corrected chi connectivity index (χ2v) is 9.42. The van der Waals surface area contributed by atoms with Crippen molar-refractivity contribution >= 4 is 38.6 Å². The van der Waals surface area contributed by atoms with Gasteiger partial charge in [0.25, 0.3) is 0 Å². The topological polar surface area (TPSA) is 21.7 Å². The lowest BCUT2D eigenvalue weighted by molar-refractivity contribution is 0.415. The van der Waals surface area contributed by atoms with E-state index in [0.29, 0.717) is 0 Å². The molecule has 0 aromatic heterocycles. The average molecular weight is 496 g/mol. The number of benzene rings is 6. The third-order valence-corrected chi connectivity index (χ3v) is 7.20. The molecule has 0 aliphatic carbocycles. The summed E-state index contributed by atoms with van der Waals surface area (Å²) in [5.74, 6) is 1.66. The van der Waals surface area contributed by atoms with E-state index in [-0.39, 0.29) is 0 Å². The number of nitrogens with zero attached hydrogens (tertiary/aromatic N) is 1. The fraction of sp³-hybridized carbons (Fsp3) is 0.0857. The summed E-state index contributed by atoms with van der Waals surface area (Å²) in [5, 5.41) is 5.05. The minimum atomic E-state index is 0.829. The van der Waals surface area contributed by atoms with E-state index in [9.17, 15) is 0 Å². The van der Waals surface area contributed by atoms with Crippen LogP contribution < -0.4 is 14.4 Å². The molecule has 0 aliphatic rings. The molecule has 0 aliphatic heterocycles. The molecular formula is C35H29NO2. The van der Waals surface area contributed by atoms with Gasteiger partial charge in [-0.3, -0.25) is 0 Å². The fourth-order valence-corrected chi connectivity index (χ4v) is 5.23. The highest BCUT2D eigenvalue weighted by Crippen LogP contribution is 2.41. The fourth-order valence-electron chi connectivity index (χ4n) is 5.23. The molecule has 6 aromatic rings. The Labute approximate surface area is 223 Å². The molecule has 6 rings (SSSR count). The van der Waals surface area contributed by atoms with Crippen LogP contribution in [-0.4, -0.2) is 14.2 Å². The normalized spacial score (nSPS) is 11.0. The molecule has 3 nitrogen and oxygen atoms in total. The van der Waals surface area contributed by atoms with Crippen LogP contribution in [0.3, 0.4) is 0 Å². The molecule has 0 fully saturated rings. The Hall–Kier alpha value is -4.76. The van der Waals surface area contributed by atoms with Gasteiger partial charge >= 0.3 is 0 Å². The van der Waals surface area contributed by atoms with E-state index < -0.39 is 0 Å². The molecule has 0 saturated carbocycles. The molecule has 186 valence electrons. The second-order valence-electron chi connectivity index (χ2n) is 9.42. The summed E-state index contributed by atoms with van der Waals surface area (Å²) in [6, 6.07) is 42.7. The monoisotopic (exact) mass is 495 g/mol. The maximum absolute atomic E-state index is 5.42. The minimum absolute atomic E-state index is 0.829. The molecule has 38 heavy (non-hydrogen) atoms. The summed E-state index contributed by atoms with van der Waals surface area (Å²) in [5.41, 5.74) is 6.87. The van der Waals surface area contributed by atoms with Crippen molar-refractivity contribution in [1.82, 2.24) is 0 Å². The molecule has 6 aromatic carbocycles. The zero-order valence-corrected chi connectivity index (χ0v) is 21.8. The predicted molar refractivity (Wildman–Crippen MR) is 159 cm³/mol. The highest BCUT2D eigenvalue weighted by atomic mass is 16.5. The van der Waals surface area contributed by atoms with E-state index in [2.05, 4.69) is 109 Å². The first kappa shape index (κ1) is 23.6. The van der Waals surface area contributed by atoms with E-state index in [4.69, 9.17) is 9.47 Å². The van der Waals surface area contributed by atoms with Crippen LogP contribution in [-0.2, 0) is 0 Å². The molecule has 0 heterocycles. The van der Waals surface area contributed by atoms with Gasteiger partial charge in [0.05, 0.1) is 14.2 Å². The van der Waals surface area contributed by atoms with E-state index in [1.807, 2.05) is 24.3 Å². The third kappa shape index (κ3) is 4.22. The summed E-state index contributed by atoms with van der Waals surface area (Å²) in [6.07, 6.45) is 0. The van der Waals surface area contributed by atoms with Crippen LogP contribution in [0.25, 0.3) is 32.7 Å². The Kier molecular flexibility index (Phi) is 6.19. The van der Waals surface area contributed by atoms with Crippen molar-refractivity contribution < 1.29 is 9.47 Å². The largest absolute Gasteiger partial charge is 0.497 e. The van der Waals surface area contributed by atoms with Crippen LogP contribution >= 0.6 is 0 Å². The first-order valence-corrected chi connectivity index (χ1v) is 12.8. The Morgan fingerprint density at radius 3 is 1.61 bits per heavy atom. The summed E-state index contributed by atoms with van der Waals surface area (Å²) in [6.45, 7) is 2.19. The van der Waals surface area contributed by atoms with Crippen LogP contribution in [0.15, 0.2) is 121 Å². The zero-order valence-electron chi connectivity index (χ0n) is 21.8. The van der Waals surface area contributed by atoms with Crippen molar-refractivity contribution in [3.05, 3.63) is 127 Å². The zero-order chi connectivity index (χ0) is 26.1. The molecule has 0 unspecified atom stereocenters. The number of anilines is 3. The predicted octanol–water partition coefficient (Wildman–Crippen LogP) is 9.46. The van der Waals surface area contributed by atoms with Crippen molar-refractivity contribution in [2.45, 2.75) is 6.92 Å². The van der Waals surface area contributed by atoms with Gasteiger partial charge < -0.3 is 14.4 Å². The molecule has 0 saturated heterocycles. The lowest BCUT2D eigenvalue weighted by Crippen LogP contribution is -2.10. The number of methoxy groups -OCH3 is 2. The van der Waals surface area contributed by atoms with E-state index in [1.54, 1.807) is 14.2 Å². The Balaban J connectivity index is 1.56. The van der Waals surface area contributed by atoms with Crippen LogP contribution in [0, 0.1) is 6.92 Å². The van der Waals surface area contributed by atoms with Gasteiger partial charge in [0.2, 0.25) is 0 Å². The van der Waals surface area contributed by atoms with Gasteiger partial charge in [-0.2, -0.15) is 0 Å². The lowest BCUT2D eigenvalue weighted by atomic mass is 9.91. The lowest BCUT2D eigenvalue weighted by Gasteiger charge is -2.27. The molecule has 0 spiro atoms. The van der Waals surface area contributed by atoms with E-state index in [0.717, 1.165) is 28.6 Å². The van der Waals surface area contributed by atoms with Gasteiger partial charge in [-0.25, -0.2) is 0 Å². The van der Waals surface area contributed by atoms with Gasteiger partial charge in [-0.05, 0) is 112 Å². The molecule has 0 bridgehead atoms. The number of hydrogen-bond acceptors (Lipinski definition) is 3. The van der Waals surface area contributed by atoms with Crippen molar-refractivity contribution in [3.8, 4) is 22.6 Å². The van der Waals surface area contributed by atoms with E-state index in [1.165, 1.54) is 38.2 Å². The first-order valence-electron chi connectivity index (χ1n) is 12.8. The molecule has 0 atom stereocenters. The number of fused-ring (bicyclic) bond motifs is 3. The first-order chi connectivity index (χ1) is 18.7. The van der Waals surface area contributed by atoms with Gasteiger partial charge in [0.1, 0.15) is 11.5 Å². The van der Waals surface area contributed by atoms with Crippen LogP contribution in [0.2, 0.25) is 0 Å². The Morgan fingerprint density at radius 2 is 1.00 bits per heavy atom. The van der Waals surface area contributed by atoms with E-state index >= 15 is 0 Å². The van der Waals surface area contributed by atoms with Gasteiger partial charge in [0, 0.05) is 17.1 Å². The van der Waals surface area contributed by atoms with Crippen molar-refractivity contribution in [2.75, 3.05) is 19.1 Å². The van der Waals surface area contributed by atoms with Gasteiger partial charge in [-0.1, -0.05) is 54.6 Å². The summed E-state index contributed by atoms with van der Waals surface area (Å²) in [7, 11) is 3.38. The molecule has 0 radical (unpaired) electrons. The molecular weight excluding hydrogens is 466 g/mol. The average Bonchev–Trinajstić information content (AvgIpc) is 2.98. The minimum Gasteiger partial charge on any atom is -0.497 e. The SMILES string of the molecule is COc1ccc(N(c2ccc(OC)cc2)c2ccc(C)c(-c3cc4ccccc4c4ccccc34)c2)cc1. The smallest absolute Gasteiger partial charge is 0.119 e.